The van der Waals surface area contributed by atoms with Crippen LogP contribution < -0.4 is 0 Å². The van der Waals surface area contributed by atoms with Crippen LogP contribution in [0, 0.1) is 0 Å². The van der Waals surface area contributed by atoms with Crippen LogP contribution in [0.3, 0.4) is 0 Å². The zero-order chi connectivity index (χ0) is 24.1. The van der Waals surface area contributed by atoms with Gasteiger partial charge in [-0.3, -0.25) is 9.05 Å². The van der Waals surface area contributed by atoms with Crippen LogP contribution in [0.1, 0.15) is 90.4 Å². The van der Waals surface area contributed by atoms with E-state index < -0.39 is 13.9 Å². The van der Waals surface area contributed by atoms with Crippen LogP contribution in [0.25, 0.3) is 0 Å². The molecule has 8 heteroatoms. The largest absolute Gasteiger partial charge is 0.499 e. The third kappa shape index (κ3) is 24.2. The van der Waals surface area contributed by atoms with Crippen molar-refractivity contribution in [1.29, 1.82) is 0 Å². The summed E-state index contributed by atoms with van der Waals surface area (Å²) in [5.41, 5.74) is 0. The first-order chi connectivity index (χ1) is 15.2. The highest BCUT2D eigenvalue weighted by atomic mass is 31.2. The number of rotatable bonds is 23. The second-order valence-corrected chi connectivity index (χ2v) is 11.1. The van der Waals surface area contributed by atoms with Crippen molar-refractivity contribution in [1.82, 2.24) is 0 Å². The van der Waals surface area contributed by atoms with Gasteiger partial charge in [-0.2, -0.15) is 0 Å². The second kappa shape index (κ2) is 20.0. The molecule has 2 N–H and O–H groups in total. The van der Waals surface area contributed by atoms with E-state index in [0.29, 0.717) is 11.0 Å². The van der Waals surface area contributed by atoms with Gasteiger partial charge in [0.2, 0.25) is 0 Å². The van der Waals surface area contributed by atoms with Gasteiger partial charge in [-0.25, -0.2) is 4.57 Å². The van der Waals surface area contributed by atoms with E-state index in [4.69, 9.17) is 13.8 Å². The molecule has 0 aromatic rings. The summed E-state index contributed by atoms with van der Waals surface area (Å²) in [6, 6.07) is 0. The van der Waals surface area contributed by atoms with Gasteiger partial charge in [0.25, 0.3) is 0 Å². The molecule has 0 bridgehead atoms. The molecule has 0 spiro atoms. The minimum Gasteiger partial charge on any atom is -0.499 e. The van der Waals surface area contributed by atoms with Crippen molar-refractivity contribution in [2.75, 3.05) is 47.5 Å². The summed E-state index contributed by atoms with van der Waals surface area (Å²) in [4.78, 5) is 9.61. The summed E-state index contributed by atoms with van der Waals surface area (Å²) in [7, 11) is 1.72. The molecule has 0 heterocycles. The first-order valence-electron chi connectivity index (χ1n) is 12.5. The van der Waals surface area contributed by atoms with Crippen LogP contribution in [0.2, 0.25) is 0 Å². The first kappa shape index (κ1) is 31.6. The fourth-order valence-corrected chi connectivity index (χ4v) is 3.85. The van der Waals surface area contributed by atoms with Crippen LogP contribution in [0.15, 0.2) is 12.3 Å². The quantitative estimate of drug-likeness (QED) is 0.0831. The lowest BCUT2D eigenvalue weighted by Crippen LogP contribution is -2.37. The van der Waals surface area contributed by atoms with E-state index in [1.54, 1.807) is 6.26 Å². The molecule has 2 atom stereocenters. The molecule has 0 aliphatic carbocycles. The highest BCUT2D eigenvalue weighted by Gasteiger charge is 2.24. The Labute approximate surface area is 197 Å². The van der Waals surface area contributed by atoms with Gasteiger partial charge in [0, 0.05) is 0 Å². The number of quaternary nitrogens is 1. The Hall–Kier alpha value is -0.430. The number of phosphoric acid groups is 1. The molecule has 0 aliphatic rings. The third-order valence-corrected chi connectivity index (χ3v) is 6.14. The van der Waals surface area contributed by atoms with Gasteiger partial charge in [0.1, 0.15) is 25.9 Å². The van der Waals surface area contributed by atoms with Crippen molar-refractivity contribution in [3.63, 3.8) is 0 Å². The molecule has 0 amide bonds. The lowest BCUT2D eigenvalue weighted by molar-refractivity contribution is -0.870. The Balaban J connectivity index is 3.50. The van der Waals surface area contributed by atoms with Gasteiger partial charge in [0.15, 0.2) is 0 Å². The average molecular weight is 481 g/mol. The van der Waals surface area contributed by atoms with E-state index in [-0.39, 0.29) is 19.8 Å². The molecule has 0 rings (SSSR count). The number of likely N-dealkylation sites (N-methyl/N-ethyl adjacent to an activating group) is 1. The summed E-state index contributed by atoms with van der Waals surface area (Å²) >= 11 is 0. The highest BCUT2D eigenvalue weighted by molar-refractivity contribution is 7.47. The minimum atomic E-state index is -4.15. The lowest BCUT2D eigenvalue weighted by Gasteiger charge is -2.24. The molecule has 7 nitrogen and oxygen atoms in total. The molecular formula is C24H51NO6P+. The number of unbranched alkanes of at least 4 members (excludes halogenated alkanes) is 12. The van der Waals surface area contributed by atoms with Gasteiger partial charge < -0.3 is 19.2 Å². The van der Waals surface area contributed by atoms with Crippen LogP contribution in [-0.4, -0.2) is 68.1 Å². The van der Waals surface area contributed by atoms with E-state index in [9.17, 15) is 14.6 Å². The van der Waals surface area contributed by atoms with Crippen molar-refractivity contribution in [3.05, 3.63) is 12.3 Å². The van der Waals surface area contributed by atoms with Crippen LogP contribution in [0.4, 0.5) is 0 Å². The van der Waals surface area contributed by atoms with Gasteiger partial charge >= 0.3 is 7.82 Å². The zero-order valence-electron chi connectivity index (χ0n) is 21.2. The normalized spacial score (nSPS) is 15.2. The van der Waals surface area contributed by atoms with Gasteiger partial charge in [0.05, 0.1) is 34.0 Å². The van der Waals surface area contributed by atoms with E-state index in [2.05, 4.69) is 6.92 Å². The standard InChI is InChI=1S/C24H50NO6P/c1-5-6-7-8-9-10-11-12-13-14-15-16-17-18-20-29-22-24(26)23-31-32(27,28)30-21-19-25(2,3)4/h18,20,24,26H,5-17,19,21-23H2,1-4H3/p+1/b20-18-/t24-/m0/s1. The number of aliphatic hydroxyl groups excluding tert-OH is 1. The van der Waals surface area contributed by atoms with Crippen molar-refractivity contribution in [2.45, 2.75) is 96.5 Å². The maximum Gasteiger partial charge on any atom is 0.472 e. The fourth-order valence-electron chi connectivity index (χ4n) is 3.10. The molecule has 1 unspecified atom stereocenters. The number of allylic oxidation sites excluding steroid dienone is 1. The maximum absolute atomic E-state index is 11.8. The van der Waals surface area contributed by atoms with E-state index >= 15 is 0 Å². The molecule has 0 aromatic carbocycles. The Morgan fingerprint density at radius 3 is 1.91 bits per heavy atom. The number of ether oxygens (including phenoxy) is 1. The summed E-state index contributed by atoms with van der Waals surface area (Å²) < 4.78 is 27.4. The van der Waals surface area contributed by atoms with Crippen molar-refractivity contribution < 1.29 is 32.8 Å². The number of phosphoric ester groups is 1. The van der Waals surface area contributed by atoms with Crippen LogP contribution in [0.5, 0.6) is 0 Å². The molecule has 0 saturated heterocycles. The zero-order valence-corrected chi connectivity index (χ0v) is 22.1. The Bertz CT molecular complexity index is 495. The predicted molar refractivity (Wildman–Crippen MR) is 131 cm³/mol. The highest BCUT2D eigenvalue weighted by Crippen LogP contribution is 2.43. The maximum atomic E-state index is 11.8. The second-order valence-electron chi connectivity index (χ2n) is 9.65. The summed E-state index contributed by atoms with van der Waals surface area (Å²) in [6.07, 6.45) is 19.5. The lowest BCUT2D eigenvalue weighted by atomic mass is 10.0. The number of nitrogens with zero attached hydrogens (tertiary/aromatic N) is 1. The third-order valence-electron chi connectivity index (χ3n) is 5.15. The summed E-state index contributed by atoms with van der Waals surface area (Å²) in [5.74, 6) is 0. The minimum absolute atomic E-state index is 0.00776. The van der Waals surface area contributed by atoms with Crippen LogP contribution in [-0.2, 0) is 18.3 Å². The number of hydrogen-bond acceptors (Lipinski definition) is 5. The van der Waals surface area contributed by atoms with E-state index in [1.165, 1.54) is 70.6 Å². The molecule has 0 fully saturated rings. The molecule has 32 heavy (non-hydrogen) atoms. The molecular weight excluding hydrogens is 429 g/mol. The van der Waals surface area contributed by atoms with Gasteiger partial charge in [-0.15, -0.1) is 0 Å². The molecule has 0 aliphatic heterocycles. The summed E-state index contributed by atoms with van der Waals surface area (Å²) in [5, 5.41) is 9.81. The monoisotopic (exact) mass is 480 g/mol. The van der Waals surface area contributed by atoms with Crippen LogP contribution >= 0.6 is 7.82 Å². The number of hydrogen-bond donors (Lipinski definition) is 2. The Kier molecular flexibility index (Phi) is 19.7. The molecule has 192 valence electrons. The van der Waals surface area contributed by atoms with Crippen molar-refractivity contribution in [3.8, 4) is 0 Å². The van der Waals surface area contributed by atoms with E-state index in [0.717, 1.165) is 12.8 Å². The topological polar surface area (TPSA) is 85.2 Å². The van der Waals surface area contributed by atoms with E-state index in [1.807, 2.05) is 27.2 Å². The Morgan fingerprint density at radius 2 is 1.38 bits per heavy atom. The Morgan fingerprint density at radius 1 is 0.844 bits per heavy atom. The SMILES string of the molecule is CCCCCCCCCCCCCC/C=C\OC[C@H](O)COP(=O)(O)OCC[N+](C)(C)C. The van der Waals surface area contributed by atoms with Gasteiger partial charge in [-0.1, -0.05) is 77.6 Å². The molecule has 0 aromatic heterocycles. The molecule has 0 saturated carbocycles. The summed E-state index contributed by atoms with van der Waals surface area (Å²) in [6.45, 7) is 2.63. The number of aliphatic hydroxyl groups is 1. The fraction of sp³-hybridized carbons (Fsp3) is 0.917. The smallest absolute Gasteiger partial charge is 0.472 e. The van der Waals surface area contributed by atoms with Crippen molar-refractivity contribution >= 4 is 7.82 Å². The predicted octanol–water partition coefficient (Wildman–Crippen LogP) is 5.81. The average Bonchev–Trinajstić information content (AvgIpc) is 2.71. The first-order valence-corrected chi connectivity index (χ1v) is 14.0. The molecule has 0 radical (unpaired) electrons. The van der Waals surface area contributed by atoms with Gasteiger partial charge in [-0.05, 0) is 18.9 Å². The van der Waals surface area contributed by atoms with Crippen molar-refractivity contribution in [2.24, 2.45) is 0 Å².